The maximum absolute atomic E-state index is 6.90. The molecule has 11 rings (SSSR count). The van der Waals surface area contributed by atoms with Gasteiger partial charge in [0.15, 0.2) is 0 Å². The Labute approximate surface area is 300 Å². The number of fused-ring (bicyclic) bond motifs is 14. The minimum atomic E-state index is -0.566. The molecule has 1 spiro atoms. The van der Waals surface area contributed by atoms with Crippen LogP contribution in [0.4, 0.5) is 17.1 Å². The van der Waals surface area contributed by atoms with E-state index in [-0.39, 0.29) is 0 Å². The highest BCUT2D eigenvalue weighted by atomic mass is 32.1. The van der Waals surface area contributed by atoms with Crippen LogP contribution in [0.25, 0.3) is 42.1 Å². The number of rotatable bonds is 3. The Balaban J connectivity index is 1.25. The van der Waals surface area contributed by atoms with Gasteiger partial charge in [-0.1, -0.05) is 133 Å². The quantitative estimate of drug-likeness (QED) is 0.186. The van der Waals surface area contributed by atoms with E-state index in [1.165, 1.54) is 70.2 Å². The van der Waals surface area contributed by atoms with Gasteiger partial charge in [-0.3, -0.25) is 0 Å². The fourth-order valence-electron chi connectivity index (χ4n) is 8.92. The standard InChI is InChI=1S/C48H31NOS/c1-30-13-2-9-21-41(30)49(32-26-27-35-34-16-6-11-24-44(34)51-45(35)29-32)42-22-12-20-39-46(42)36-17-5-7-18-37(36)48(39)38-19-8-10-23-43(38)50-47-33-15-4-3-14-31(33)25-28-40(47)48/h2-29H,1H3. The molecule has 240 valence electrons. The summed E-state index contributed by atoms with van der Waals surface area (Å²) >= 11 is 1.86. The predicted octanol–water partition coefficient (Wildman–Crippen LogP) is 13.5. The molecule has 51 heavy (non-hydrogen) atoms. The van der Waals surface area contributed by atoms with Crippen LogP contribution in [-0.4, -0.2) is 0 Å². The Bertz CT molecular complexity index is 2880. The van der Waals surface area contributed by atoms with Crippen LogP contribution in [-0.2, 0) is 5.41 Å². The summed E-state index contributed by atoms with van der Waals surface area (Å²) in [6, 6.07) is 62.2. The molecule has 2 nitrogen and oxygen atoms in total. The average Bonchev–Trinajstić information content (AvgIpc) is 3.70. The van der Waals surface area contributed by atoms with Gasteiger partial charge in [0, 0.05) is 53.6 Å². The van der Waals surface area contributed by atoms with Crippen molar-refractivity contribution in [2.75, 3.05) is 4.90 Å². The Morgan fingerprint density at radius 3 is 2.14 bits per heavy atom. The van der Waals surface area contributed by atoms with Gasteiger partial charge < -0.3 is 9.64 Å². The molecule has 1 aromatic heterocycles. The summed E-state index contributed by atoms with van der Waals surface area (Å²) in [7, 11) is 0. The summed E-state index contributed by atoms with van der Waals surface area (Å²) in [4.78, 5) is 2.49. The van der Waals surface area contributed by atoms with Crippen LogP contribution < -0.4 is 9.64 Å². The SMILES string of the molecule is Cc1ccccc1N(c1ccc2c(c1)sc1ccccc12)c1cccc2c1-c1ccccc1C21c2ccccc2Oc2c1ccc1ccccc21. The molecule has 0 fully saturated rings. The molecule has 1 atom stereocenters. The van der Waals surface area contributed by atoms with Gasteiger partial charge in [0.25, 0.3) is 0 Å². The van der Waals surface area contributed by atoms with E-state index >= 15 is 0 Å². The topological polar surface area (TPSA) is 12.5 Å². The molecule has 1 aliphatic carbocycles. The van der Waals surface area contributed by atoms with E-state index in [4.69, 9.17) is 4.74 Å². The van der Waals surface area contributed by atoms with Crippen LogP contribution in [0.3, 0.4) is 0 Å². The number of hydrogen-bond acceptors (Lipinski definition) is 3. The van der Waals surface area contributed by atoms with Gasteiger partial charge in [-0.25, -0.2) is 0 Å². The normalized spacial score (nSPS) is 15.4. The molecular weight excluding hydrogens is 639 g/mol. The van der Waals surface area contributed by atoms with Crippen LogP contribution in [0.5, 0.6) is 11.5 Å². The third kappa shape index (κ3) is 3.87. The lowest BCUT2D eigenvalue weighted by atomic mass is 9.65. The Hall–Kier alpha value is -6.16. The molecule has 0 saturated carbocycles. The highest BCUT2D eigenvalue weighted by molar-refractivity contribution is 7.25. The molecule has 0 radical (unpaired) electrons. The predicted molar refractivity (Wildman–Crippen MR) is 214 cm³/mol. The summed E-state index contributed by atoms with van der Waals surface area (Å²) in [5, 5.41) is 4.92. The molecule has 1 aliphatic heterocycles. The van der Waals surface area contributed by atoms with Crippen LogP contribution in [0.2, 0.25) is 0 Å². The van der Waals surface area contributed by atoms with Crippen molar-refractivity contribution in [3.05, 3.63) is 198 Å². The molecule has 9 aromatic rings. The van der Waals surface area contributed by atoms with E-state index in [9.17, 15) is 0 Å². The first-order chi connectivity index (χ1) is 25.2. The fourth-order valence-corrected chi connectivity index (χ4v) is 10.1. The number of aryl methyl sites for hydroxylation is 1. The molecule has 2 heterocycles. The fraction of sp³-hybridized carbons (Fsp3) is 0.0417. The van der Waals surface area contributed by atoms with Gasteiger partial charge in [0.05, 0.1) is 11.1 Å². The van der Waals surface area contributed by atoms with Crippen LogP contribution in [0.1, 0.15) is 27.8 Å². The van der Waals surface area contributed by atoms with Gasteiger partial charge in [-0.2, -0.15) is 0 Å². The van der Waals surface area contributed by atoms with Crippen LogP contribution >= 0.6 is 11.3 Å². The first kappa shape index (κ1) is 28.7. The van der Waals surface area contributed by atoms with Crippen molar-refractivity contribution in [2.24, 2.45) is 0 Å². The van der Waals surface area contributed by atoms with Gasteiger partial charge in [0.1, 0.15) is 11.5 Å². The smallest absolute Gasteiger partial charge is 0.140 e. The molecule has 2 aliphatic rings. The number of hydrogen-bond donors (Lipinski definition) is 0. The van der Waals surface area contributed by atoms with E-state index in [2.05, 4.69) is 182 Å². The average molecular weight is 670 g/mol. The Kier molecular flexibility index (Phi) is 5.99. The summed E-state index contributed by atoms with van der Waals surface area (Å²) in [5.41, 5.74) is 11.5. The lowest BCUT2D eigenvalue weighted by Crippen LogP contribution is -2.32. The maximum Gasteiger partial charge on any atom is 0.140 e. The zero-order chi connectivity index (χ0) is 33.7. The molecule has 0 amide bonds. The minimum absolute atomic E-state index is 0.566. The van der Waals surface area contributed by atoms with E-state index in [0.29, 0.717) is 0 Å². The number of benzene rings is 8. The van der Waals surface area contributed by atoms with Crippen molar-refractivity contribution in [3.63, 3.8) is 0 Å². The van der Waals surface area contributed by atoms with Gasteiger partial charge in [0.2, 0.25) is 0 Å². The van der Waals surface area contributed by atoms with Crippen LogP contribution in [0.15, 0.2) is 170 Å². The first-order valence-corrected chi connectivity index (χ1v) is 18.3. The molecule has 0 saturated heterocycles. The minimum Gasteiger partial charge on any atom is -0.456 e. The Morgan fingerprint density at radius 1 is 0.510 bits per heavy atom. The second-order valence-corrected chi connectivity index (χ2v) is 14.7. The second kappa shape index (κ2) is 10.7. The lowest BCUT2D eigenvalue weighted by molar-refractivity contribution is 0.441. The number of anilines is 3. The third-order valence-corrected chi connectivity index (χ3v) is 12.2. The van der Waals surface area contributed by atoms with Crippen molar-refractivity contribution < 1.29 is 4.74 Å². The number of thiophene rings is 1. The number of para-hydroxylation sites is 2. The largest absolute Gasteiger partial charge is 0.456 e. The monoisotopic (exact) mass is 669 g/mol. The van der Waals surface area contributed by atoms with Crippen molar-refractivity contribution in [1.29, 1.82) is 0 Å². The van der Waals surface area contributed by atoms with Gasteiger partial charge in [-0.05, 0) is 71.0 Å². The van der Waals surface area contributed by atoms with Crippen molar-refractivity contribution >= 4 is 59.3 Å². The maximum atomic E-state index is 6.90. The van der Waals surface area contributed by atoms with Gasteiger partial charge >= 0.3 is 0 Å². The van der Waals surface area contributed by atoms with E-state index in [1.807, 2.05) is 11.3 Å². The summed E-state index contributed by atoms with van der Waals surface area (Å²) in [5.74, 6) is 1.84. The summed E-state index contributed by atoms with van der Waals surface area (Å²) in [6.45, 7) is 2.22. The molecule has 0 bridgehead atoms. The zero-order valence-electron chi connectivity index (χ0n) is 27.9. The van der Waals surface area contributed by atoms with Crippen LogP contribution in [0, 0.1) is 6.92 Å². The van der Waals surface area contributed by atoms with Crippen molar-refractivity contribution in [3.8, 4) is 22.6 Å². The van der Waals surface area contributed by atoms with Crippen molar-refractivity contribution in [1.82, 2.24) is 0 Å². The number of nitrogens with zero attached hydrogens (tertiary/aromatic N) is 1. The second-order valence-electron chi connectivity index (χ2n) is 13.7. The molecule has 0 N–H and O–H groups in total. The number of ether oxygens (including phenoxy) is 1. The first-order valence-electron chi connectivity index (χ1n) is 17.5. The lowest BCUT2D eigenvalue weighted by Gasteiger charge is -2.40. The summed E-state index contributed by atoms with van der Waals surface area (Å²) in [6.07, 6.45) is 0. The third-order valence-electron chi connectivity index (χ3n) is 11.1. The molecule has 8 aromatic carbocycles. The molecule has 3 heteroatoms. The highest BCUT2D eigenvalue weighted by Crippen LogP contribution is 2.65. The molecular formula is C48H31NOS. The van der Waals surface area contributed by atoms with Crippen molar-refractivity contribution in [2.45, 2.75) is 12.3 Å². The van der Waals surface area contributed by atoms with Gasteiger partial charge in [-0.15, -0.1) is 11.3 Å². The molecule has 1 unspecified atom stereocenters. The van der Waals surface area contributed by atoms with E-state index in [1.54, 1.807) is 0 Å². The zero-order valence-corrected chi connectivity index (χ0v) is 28.7. The Morgan fingerprint density at radius 2 is 1.22 bits per heavy atom. The van der Waals surface area contributed by atoms with E-state index in [0.717, 1.165) is 28.3 Å². The highest BCUT2D eigenvalue weighted by Gasteiger charge is 2.52. The van der Waals surface area contributed by atoms with E-state index < -0.39 is 5.41 Å². The summed E-state index contributed by atoms with van der Waals surface area (Å²) < 4.78 is 9.50.